The number of carbonyl (C=O) groups is 1. The summed E-state index contributed by atoms with van der Waals surface area (Å²) in [6, 6.07) is 10.4. The lowest BCUT2D eigenvalue weighted by atomic mass is 10.1. The van der Waals surface area contributed by atoms with Crippen molar-refractivity contribution in [2.24, 2.45) is 0 Å². The first-order chi connectivity index (χ1) is 16.2. The van der Waals surface area contributed by atoms with Crippen LogP contribution in [0.15, 0.2) is 60.0 Å². The van der Waals surface area contributed by atoms with Crippen molar-refractivity contribution in [3.05, 3.63) is 71.8 Å². The second kappa shape index (κ2) is 9.68. The number of hydrogen-bond donors (Lipinski definition) is 0. The Hall–Kier alpha value is -3.04. The van der Waals surface area contributed by atoms with E-state index < -0.39 is 15.1 Å². The topological polar surface area (TPSA) is 85.2 Å². The Balaban J connectivity index is 1.66. The maximum absolute atomic E-state index is 13.6. The lowest BCUT2D eigenvalue weighted by molar-refractivity contribution is 0.0986. The van der Waals surface area contributed by atoms with E-state index in [1.165, 1.54) is 23.5 Å². The lowest BCUT2D eigenvalue weighted by Crippen LogP contribution is -2.32. The minimum Gasteiger partial charge on any atom is -0.337 e. The van der Waals surface area contributed by atoms with Crippen molar-refractivity contribution in [3.8, 4) is 0 Å². The normalized spacial score (nSPS) is 11.9. The van der Waals surface area contributed by atoms with Gasteiger partial charge in [0, 0.05) is 31.0 Å². The molecule has 7 nitrogen and oxygen atoms in total. The van der Waals surface area contributed by atoms with Crippen LogP contribution in [0.1, 0.15) is 41.8 Å². The summed E-state index contributed by atoms with van der Waals surface area (Å²) in [5.41, 5.74) is 3.56. The molecule has 0 bridgehead atoms. The molecule has 0 fully saturated rings. The van der Waals surface area contributed by atoms with Crippen molar-refractivity contribution in [2.45, 2.75) is 50.8 Å². The zero-order chi connectivity index (χ0) is 24.5. The number of aryl methyl sites for hydroxylation is 3. The summed E-state index contributed by atoms with van der Waals surface area (Å²) in [6.07, 6.45) is 6.10. The molecule has 0 unspecified atom stereocenters. The minimum atomic E-state index is -3.40. The fourth-order valence-corrected chi connectivity index (χ4v) is 6.03. The van der Waals surface area contributed by atoms with Gasteiger partial charge in [0.2, 0.25) is 0 Å². The number of imidazole rings is 1. The molecule has 4 rings (SSSR count). The number of thiazole rings is 1. The molecule has 0 N–H and O–H groups in total. The van der Waals surface area contributed by atoms with Gasteiger partial charge in [0.05, 0.1) is 26.7 Å². The molecule has 0 spiro atoms. The molecule has 0 aliphatic rings. The highest BCUT2D eigenvalue weighted by atomic mass is 32.2. The molecule has 0 saturated carbocycles. The smallest absolute Gasteiger partial charge is 0.260 e. The van der Waals surface area contributed by atoms with Crippen LogP contribution in [-0.2, 0) is 16.4 Å². The zero-order valence-corrected chi connectivity index (χ0v) is 21.4. The summed E-state index contributed by atoms with van der Waals surface area (Å²) < 4.78 is 28.0. The summed E-state index contributed by atoms with van der Waals surface area (Å²) in [6.45, 7) is 8.56. The van der Waals surface area contributed by atoms with Gasteiger partial charge in [-0.2, -0.15) is 0 Å². The molecule has 0 radical (unpaired) electrons. The fraction of sp³-hybridized carbons (Fsp3) is 0.320. The maximum atomic E-state index is 13.6. The van der Waals surface area contributed by atoms with E-state index in [0.717, 1.165) is 34.3 Å². The average Bonchev–Trinajstić information content (AvgIpc) is 3.46. The molecular weight excluding hydrogens is 468 g/mol. The first-order valence-corrected chi connectivity index (χ1v) is 13.5. The Morgan fingerprint density at radius 3 is 2.53 bits per heavy atom. The van der Waals surface area contributed by atoms with Crippen LogP contribution in [0.2, 0.25) is 0 Å². The van der Waals surface area contributed by atoms with E-state index in [4.69, 9.17) is 4.98 Å². The fourth-order valence-electron chi connectivity index (χ4n) is 3.80. The van der Waals surface area contributed by atoms with Gasteiger partial charge in [0.1, 0.15) is 0 Å². The van der Waals surface area contributed by atoms with Crippen molar-refractivity contribution in [3.63, 3.8) is 0 Å². The predicted molar refractivity (Wildman–Crippen MR) is 136 cm³/mol. The van der Waals surface area contributed by atoms with E-state index >= 15 is 0 Å². The molecule has 0 saturated heterocycles. The SMILES string of the molecule is Cc1cc(C)c2nc(N(CCCn3ccnc3)C(=O)c3ccc(S(=O)(=O)C(C)C)cc3)sc2c1. The highest BCUT2D eigenvalue weighted by Crippen LogP contribution is 2.32. The highest BCUT2D eigenvalue weighted by Gasteiger charge is 2.24. The number of benzene rings is 2. The zero-order valence-electron chi connectivity index (χ0n) is 19.7. The molecule has 178 valence electrons. The molecule has 0 aliphatic heterocycles. The summed E-state index contributed by atoms with van der Waals surface area (Å²) >= 11 is 1.49. The third kappa shape index (κ3) is 4.90. The molecule has 4 aromatic rings. The maximum Gasteiger partial charge on any atom is 0.260 e. The number of amides is 1. The van der Waals surface area contributed by atoms with Crippen LogP contribution in [0.25, 0.3) is 10.2 Å². The van der Waals surface area contributed by atoms with Gasteiger partial charge in [-0.15, -0.1) is 0 Å². The molecule has 9 heteroatoms. The Labute approximate surface area is 204 Å². The highest BCUT2D eigenvalue weighted by molar-refractivity contribution is 7.92. The Kier molecular flexibility index (Phi) is 6.86. The van der Waals surface area contributed by atoms with Crippen LogP contribution in [0, 0.1) is 13.8 Å². The van der Waals surface area contributed by atoms with E-state index in [1.807, 2.05) is 24.6 Å². The molecule has 0 atom stereocenters. The number of sulfone groups is 1. The molecule has 34 heavy (non-hydrogen) atoms. The van der Waals surface area contributed by atoms with Crippen molar-refractivity contribution in [2.75, 3.05) is 11.4 Å². The summed E-state index contributed by atoms with van der Waals surface area (Å²) in [5.74, 6) is -0.201. The molecular formula is C25H28N4O3S2. The second-order valence-electron chi connectivity index (χ2n) is 8.65. The number of anilines is 1. The van der Waals surface area contributed by atoms with Gasteiger partial charge in [-0.1, -0.05) is 17.4 Å². The standard InChI is InChI=1S/C25H28N4O3S2/c1-17(2)34(31,32)21-8-6-20(7-9-21)24(30)29(12-5-11-28-13-10-26-16-28)25-27-23-19(4)14-18(3)15-22(23)33-25/h6-10,13-17H,5,11-12H2,1-4H3. The molecule has 2 heterocycles. The van der Waals surface area contributed by atoms with Crippen molar-refractivity contribution in [1.82, 2.24) is 14.5 Å². The largest absolute Gasteiger partial charge is 0.337 e. The second-order valence-corrected chi connectivity index (χ2v) is 12.2. The number of carbonyl (C=O) groups excluding carboxylic acids is 1. The minimum absolute atomic E-state index is 0.201. The van der Waals surface area contributed by atoms with E-state index in [-0.39, 0.29) is 10.8 Å². The van der Waals surface area contributed by atoms with Gasteiger partial charge in [0.25, 0.3) is 5.91 Å². The van der Waals surface area contributed by atoms with Crippen LogP contribution < -0.4 is 4.90 Å². The van der Waals surface area contributed by atoms with Crippen LogP contribution >= 0.6 is 11.3 Å². The third-order valence-corrected chi connectivity index (χ3v) is 8.90. The Morgan fingerprint density at radius 1 is 1.15 bits per heavy atom. The lowest BCUT2D eigenvalue weighted by Gasteiger charge is -2.20. The number of hydrogen-bond acceptors (Lipinski definition) is 6. The number of aromatic nitrogens is 3. The Morgan fingerprint density at radius 2 is 1.88 bits per heavy atom. The summed E-state index contributed by atoms with van der Waals surface area (Å²) in [7, 11) is -3.40. The van der Waals surface area contributed by atoms with E-state index in [2.05, 4.69) is 17.1 Å². The monoisotopic (exact) mass is 496 g/mol. The first kappa shape index (κ1) is 24.1. The number of fused-ring (bicyclic) bond motifs is 1. The van der Waals surface area contributed by atoms with E-state index in [1.54, 1.807) is 43.4 Å². The molecule has 1 amide bonds. The first-order valence-electron chi connectivity index (χ1n) is 11.2. The van der Waals surface area contributed by atoms with E-state index in [0.29, 0.717) is 17.2 Å². The van der Waals surface area contributed by atoms with Gasteiger partial charge in [-0.25, -0.2) is 18.4 Å². The van der Waals surface area contributed by atoms with Crippen molar-refractivity contribution in [1.29, 1.82) is 0 Å². The predicted octanol–water partition coefficient (Wildman–Crippen LogP) is 5.03. The van der Waals surface area contributed by atoms with Gasteiger partial charge in [0.15, 0.2) is 15.0 Å². The van der Waals surface area contributed by atoms with Gasteiger partial charge < -0.3 is 4.57 Å². The molecule has 0 aliphatic carbocycles. The van der Waals surface area contributed by atoms with Gasteiger partial charge in [-0.05, 0) is 75.6 Å². The summed E-state index contributed by atoms with van der Waals surface area (Å²) in [5, 5.41) is 0.112. The summed E-state index contributed by atoms with van der Waals surface area (Å²) in [4.78, 5) is 24.4. The van der Waals surface area contributed by atoms with Gasteiger partial charge >= 0.3 is 0 Å². The van der Waals surface area contributed by atoms with Crippen LogP contribution in [0.4, 0.5) is 5.13 Å². The average molecular weight is 497 g/mol. The molecule has 2 aromatic heterocycles. The molecule has 2 aromatic carbocycles. The van der Waals surface area contributed by atoms with Crippen molar-refractivity contribution < 1.29 is 13.2 Å². The number of nitrogens with zero attached hydrogens (tertiary/aromatic N) is 4. The third-order valence-electron chi connectivity index (χ3n) is 5.70. The van der Waals surface area contributed by atoms with Crippen LogP contribution in [0.5, 0.6) is 0 Å². The Bertz CT molecular complexity index is 1410. The van der Waals surface area contributed by atoms with Crippen LogP contribution in [0.3, 0.4) is 0 Å². The van der Waals surface area contributed by atoms with Gasteiger partial charge in [-0.3, -0.25) is 9.69 Å². The number of rotatable bonds is 8. The quantitative estimate of drug-likeness (QED) is 0.342. The van der Waals surface area contributed by atoms with E-state index in [9.17, 15) is 13.2 Å². The van der Waals surface area contributed by atoms with Crippen molar-refractivity contribution >= 4 is 42.4 Å². The van der Waals surface area contributed by atoms with Crippen LogP contribution in [-0.4, -0.2) is 40.7 Å².